The molecule has 140 valence electrons. The van der Waals surface area contributed by atoms with Crippen LogP contribution in [-0.4, -0.2) is 0 Å². The Kier molecular flexibility index (Phi) is 7.68. The van der Waals surface area contributed by atoms with Gasteiger partial charge in [-0.3, -0.25) is 0 Å². The molecule has 0 aliphatic carbocycles. The molecule has 0 heterocycles. The third-order valence-electron chi connectivity index (χ3n) is 3.77. The van der Waals surface area contributed by atoms with Crippen molar-refractivity contribution in [2.75, 3.05) is 5.32 Å². The van der Waals surface area contributed by atoms with E-state index in [1.54, 1.807) is 0 Å². The first-order valence-electron chi connectivity index (χ1n) is 7.96. The molecular formula is C20H14Br4ClNO. The van der Waals surface area contributed by atoms with E-state index in [1.165, 1.54) is 0 Å². The van der Waals surface area contributed by atoms with Gasteiger partial charge in [0.1, 0.15) is 12.4 Å². The molecule has 1 N–H and O–H groups in total. The van der Waals surface area contributed by atoms with Crippen LogP contribution < -0.4 is 10.1 Å². The minimum absolute atomic E-state index is 0.499. The Morgan fingerprint density at radius 1 is 0.778 bits per heavy atom. The molecule has 3 rings (SSSR count). The maximum Gasteiger partial charge on any atom is 0.148 e. The van der Waals surface area contributed by atoms with Gasteiger partial charge in [0.2, 0.25) is 0 Å². The van der Waals surface area contributed by atoms with E-state index in [2.05, 4.69) is 81.2 Å². The monoisotopic (exact) mass is 635 g/mol. The van der Waals surface area contributed by atoms with E-state index < -0.39 is 0 Å². The van der Waals surface area contributed by atoms with Crippen molar-refractivity contribution in [3.05, 3.63) is 88.6 Å². The Labute approximate surface area is 197 Å². The number of nitrogens with one attached hydrogen (secondary N) is 1. The van der Waals surface area contributed by atoms with Crippen LogP contribution in [0.2, 0.25) is 5.02 Å². The molecule has 3 aromatic rings. The fraction of sp³-hybridized carbons (Fsp3) is 0.100. The zero-order valence-corrected chi connectivity index (χ0v) is 21.0. The third kappa shape index (κ3) is 5.97. The summed E-state index contributed by atoms with van der Waals surface area (Å²) in [5, 5.41) is 4.05. The molecule has 7 heteroatoms. The fourth-order valence-electron chi connectivity index (χ4n) is 2.40. The lowest BCUT2D eigenvalue weighted by atomic mass is 10.2. The zero-order valence-electron chi connectivity index (χ0n) is 13.9. The zero-order chi connectivity index (χ0) is 19.4. The molecule has 0 radical (unpaired) electrons. The van der Waals surface area contributed by atoms with Crippen molar-refractivity contribution in [3.8, 4) is 5.75 Å². The minimum Gasteiger partial charge on any atom is -0.487 e. The van der Waals surface area contributed by atoms with E-state index in [-0.39, 0.29) is 0 Å². The van der Waals surface area contributed by atoms with Gasteiger partial charge < -0.3 is 10.1 Å². The number of ether oxygens (including phenoxy) is 1. The second-order valence-corrected chi connectivity index (χ2v) is 9.67. The fourth-order valence-corrected chi connectivity index (χ4v) is 4.60. The molecular weight excluding hydrogens is 625 g/mol. The molecule has 27 heavy (non-hydrogen) atoms. The van der Waals surface area contributed by atoms with Gasteiger partial charge >= 0.3 is 0 Å². The van der Waals surface area contributed by atoms with Crippen LogP contribution in [-0.2, 0) is 13.2 Å². The summed E-state index contributed by atoms with van der Waals surface area (Å²) < 4.78 is 9.73. The highest BCUT2D eigenvalue weighted by molar-refractivity contribution is 9.11. The summed E-state index contributed by atoms with van der Waals surface area (Å²) in [6.45, 7) is 1.17. The number of anilines is 1. The molecule has 0 aromatic heterocycles. The van der Waals surface area contributed by atoms with E-state index >= 15 is 0 Å². The summed E-state index contributed by atoms with van der Waals surface area (Å²) in [6, 6.07) is 18.0. The predicted molar refractivity (Wildman–Crippen MR) is 127 cm³/mol. The Morgan fingerprint density at radius 3 is 2.07 bits per heavy atom. The van der Waals surface area contributed by atoms with Crippen LogP contribution in [0, 0.1) is 0 Å². The van der Waals surface area contributed by atoms with Gasteiger partial charge in [0.05, 0.1) is 14.0 Å². The van der Waals surface area contributed by atoms with Gasteiger partial charge in [-0.2, -0.15) is 0 Å². The molecule has 0 fully saturated rings. The van der Waals surface area contributed by atoms with Crippen LogP contribution in [0.4, 0.5) is 5.69 Å². The van der Waals surface area contributed by atoms with Gasteiger partial charge in [-0.05, 0) is 101 Å². The Bertz CT molecular complexity index is 924. The largest absolute Gasteiger partial charge is 0.487 e. The first-order valence-corrected chi connectivity index (χ1v) is 11.5. The molecule has 0 aliphatic rings. The molecule has 0 saturated heterocycles. The SMILES string of the molecule is Clc1cc(NCc2cc(Br)c(OCc3ccc(Br)cc3)c(Br)c2)ccc1Br. The Balaban J connectivity index is 1.66. The lowest BCUT2D eigenvalue weighted by Gasteiger charge is -2.13. The van der Waals surface area contributed by atoms with E-state index in [0.717, 1.165) is 40.5 Å². The van der Waals surface area contributed by atoms with E-state index in [4.69, 9.17) is 16.3 Å². The van der Waals surface area contributed by atoms with Crippen molar-refractivity contribution >= 4 is 81.0 Å². The molecule has 0 amide bonds. The average Bonchev–Trinajstić information content (AvgIpc) is 2.63. The highest BCUT2D eigenvalue weighted by Gasteiger charge is 2.10. The van der Waals surface area contributed by atoms with Gasteiger partial charge in [-0.1, -0.05) is 39.7 Å². The highest BCUT2D eigenvalue weighted by Crippen LogP contribution is 2.36. The molecule has 0 unspecified atom stereocenters. The maximum absolute atomic E-state index is 6.14. The summed E-state index contributed by atoms with van der Waals surface area (Å²) >= 11 is 20.2. The summed E-state index contributed by atoms with van der Waals surface area (Å²) in [7, 11) is 0. The highest BCUT2D eigenvalue weighted by atomic mass is 79.9. The Hall–Kier alpha value is -0.530. The molecule has 0 saturated carbocycles. The van der Waals surface area contributed by atoms with Crippen molar-refractivity contribution in [2.24, 2.45) is 0 Å². The summed E-state index contributed by atoms with van der Waals surface area (Å²) in [5.74, 6) is 0.786. The van der Waals surface area contributed by atoms with Crippen molar-refractivity contribution in [2.45, 2.75) is 13.2 Å². The van der Waals surface area contributed by atoms with Crippen LogP contribution >= 0.6 is 75.3 Å². The van der Waals surface area contributed by atoms with Crippen molar-refractivity contribution < 1.29 is 4.74 Å². The number of rotatable bonds is 6. The lowest BCUT2D eigenvalue weighted by molar-refractivity contribution is 0.302. The van der Waals surface area contributed by atoms with Crippen molar-refractivity contribution in [3.63, 3.8) is 0 Å². The normalized spacial score (nSPS) is 10.7. The second kappa shape index (κ2) is 9.79. The van der Waals surface area contributed by atoms with Gasteiger partial charge in [0.25, 0.3) is 0 Å². The van der Waals surface area contributed by atoms with E-state index in [0.29, 0.717) is 18.2 Å². The van der Waals surface area contributed by atoms with Gasteiger partial charge in [0.15, 0.2) is 0 Å². The number of hydrogen-bond acceptors (Lipinski definition) is 2. The minimum atomic E-state index is 0.499. The van der Waals surface area contributed by atoms with Gasteiger partial charge in [-0.15, -0.1) is 0 Å². The van der Waals surface area contributed by atoms with Crippen molar-refractivity contribution in [1.82, 2.24) is 0 Å². The standard InChI is InChI=1S/C20H14Br4ClNO/c21-14-3-1-12(2-4-14)11-27-20-17(23)7-13(8-18(20)24)10-26-15-5-6-16(22)19(25)9-15/h1-9,26H,10-11H2. The molecule has 0 aliphatic heterocycles. The quantitative estimate of drug-likeness (QED) is 0.292. The summed E-state index contributed by atoms with van der Waals surface area (Å²) in [4.78, 5) is 0. The van der Waals surface area contributed by atoms with Crippen LogP contribution in [0.1, 0.15) is 11.1 Å². The summed E-state index contributed by atoms with van der Waals surface area (Å²) in [6.07, 6.45) is 0. The van der Waals surface area contributed by atoms with E-state index in [1.807, 2.05) is 42.5 Å². The molecule has 0 atom stereocenters. The van der Waals surface area contributed by atoms with Crippen LogP contribution in [0.5, 0.6) is 5.75 Å². The topological polar surface area (TPSA) is 21.3 Å². The van der Waals surface area contributed by atoms with Crippen LogP contribution in [0.25, 0.3) is 0 Å². The third-order valence-corrected chi connectivity index (χ3v) is 6.71. The number of halogens is 5. The lowest BCUT2D eigenvalue weighted by Crippen LogP contribution is -2.01. The van der Waals surface area contributed by atoms with Crippen molar-refractivity contribution in [1.29, 1.82) is 0 Å². The smallest absolute Gasteiger partial charge is 0.148 e. The first kappa shape index (κ1) is 21.2. The molecule has 0 bridgehead atoms. The maximum atomic E-state index is 6.14. The predicted octanol–water partition coefficient (Wildman–Crippen LogP) is 8.58. The second-order valence-electron chi connectivity index (χ2n) is 5.79. The number of hydrogen-bond donors (Lipinski definition) is 1. The van der Waals surface area contributed by atoms with Gasteiger partial charge in [-0.25, -0.2) is 0 Å². The number of benzene rings is 3. The Morgan fingerprint density at radius 2 is 1.44 bits per heavy atom. The first-order chi connectivity index (χ1) is 12.9. The van der Waals surface area contributed by atoms with Crippen LogP contribution in [0.3, 0.4) is 0 Å². The van der Waals surface area contributed by atoms with E-state index in [9.17, 15) is 0 Å². The summed E-state index contributed by atoms with van der Waals surface area (Å²) in [5.41, 5.74) is 3.18. The van der Waals surface area contributed by atoms with Crippen LogP contribution in [0.15, 0.2) is 72.5 Å². The molecule has 3 aromatic carbocycles. The van der Waals surface area contributed by atoms with Gasteiger partial charge in [0, 0.05) is 21.2 Å². The average molecular weight is 639 g/mol. The molecule has 2 nitrogen and oxygen atoms in total. The molecule has 0 spiro atoms.